The summed E-state index contributed by atoms with van der Waals surface area (Å²) in [6.45, 7) is 0.911. The molecule has 84 valence electrons. The van der Waals surface area contributed by atoms with Gasteiger partial charge in [0.2, 0.25) is 0 Å². The zero-order valence-corrected chi connectivity index (χ0v) is 9.86. The van der Waals surface area contributed by atoms with Crippen molar-refractivity contribution < 1.29 is 0 Å². The number of nitrogens with two attached hydrogens (primary N) is 1. The topological polar surface area (TPSA) is 43.8 Å². The Kier molecular flexibility index (Phi) is 3.88. The Balaban J connectivity index is 1.69. The normalized spacial score (nSPS) is 10.5. The average molecular weight is 233 g/mol. The Bertz CT molecular complexity index is 425. The van der Waals surface area contributed by atoms with Gasteiger partial charge in [0.1, 0.15) is 5.82 Å². The van der Waals surface area contributed by atoms with Crippen molar-refractivity contribution in [2.24, 2.45) is 0 Å². The van der Waals surface area contributed by atoms with Gasteiger partial charge >= 0.3 is 0 Å². The van der Waals surface area contributed by atoms with E-state index in [9.17, 15) is 0 Å². The molecular weight excluding hydrogens is 218 g/mol. The van der Waals surface area contributed by atoms with Gasteiger partial charge in [-0.15, -0.1) is 0 Å². The van der Waals surface area contributed by atoms with Crippen LogP contribution < -0.4 is 5.73 Å². The predicted molar refractivity (Wildman–Crippen MR) is 69.2 cm³/mol. The summed E-state index contributed by atoms with van der Waals surface area (Å²) in [6.07, 6.45) is 1.92. The van der Waals surface area contributed by atoms with Crippen molar-refractivity contribution in [2.75, 3.05) is 11.5 Å². The van der Waals surface area contributed by atoms with E-state index in [0.717, 1.165) is 18.1 Å². The molecule has 3 nitrogen and oxygen atoms in total. The summed E-state index contributed by atoms with van der Waals surface area (Å²) in [5, 5.41) is 4.14. The molecule has 0 bridgehead atoms. The molecule has 0 saturated heterocycles. The number of rotatable bonds is 5. The molecule has 2 aromatic rings. The van der Waals surface area contributed by atoms with Gasteiger partial charge in [-0.05, 0) is 11.6 Å². The highest BCUT2D eigenvalue weighted by Gasteiger charge is 1.95. The Morgan fingerprint density at radius 1 is 1.19 bits per heavy atom. The van der Waals surface area contributed by atoms with Gasteiger partial charge in [0, 0.05) is 17.7 Å². The molecule has 0 radical (unpaired) electrons. The van der Waals surface area contributed by atoms with Crippen molar-refractivity contribution in [1.29, 1.82) is 0 Å². The van der Waals surface area contributed by atoms with Gasteiger partial charge in [0.05, 0.1) is 6.54 Å². The molecule has 0 unspecified atom stereocenters. The van der Waals surface area contributed by atoms with Crippen LogP contribution in [0.3, 0.4) is 0 Å². The maximum Gasteiger partial charge on any atom is 0.145 e. The highest BCUT2D eigenvalue weighted by molar-refractivity contribution is 7.98. The molecule has 1 aromatic heterocycles. The number of aryl methyl sites for hydroxylation is 1. The van der Waals surface area contributed by atoms with Crippen molar-refractivity contribution in [2.45, 2.75) is 12.3 Å². The highest BCUT2D eigenvalue weighted by atomic mass is 32.2. The SMILES string of the molecule is Nc1ccn(CCSCc2ccccc2)n1. The third-order valence-corrected chi connectivity index (χ3v) is 3.25. The Labute approximate surface area is 99.7 Å². The lowest BCUT2D eigenvalue weighted by atomic mass is 10.2. The minimum atomic E-state index is 0.591. The zero-order valence-electron chi connectivity index (χ0n) is 9.04. The van der Waals surface area contributed by atoms with Crippen LogP contribution in [0.5, 0.6) is 0 Å². The van der Waals surface area contributed by atoms with Crippen LogP contribution in [-0.2, 0) is 12.3 Å². The number of benzene rings is 1. The second-order valence-electron chi connectivity index (χ2n) is 3.54. The molecule has 0 spiro atoms. The fourth-order valence-corrected chi connectivity index (χ4v) is 2.31. The zero-order chi connectivity index (χ0) is 11.2. The summed E-state index contributed by atoms with van der Waals surface area (Å²) in [5.41, 5.74) is 6.90. The number of aromatic nitrogens is 2. The van der Waals surface area contributed by atoms with Crippen LogP contribution in [-0.4, -0.2) is 15.5 Å². The first-order valence-electron chi connectivity index (χ1n) is 5.25. The molecule has 2 N–H and O–H groups in total. The first-order valence-corrected chi connectivity index (χ1v) is 6.41. The lowest BCUT2D eigenvalue weighted by molar-refractivity contribution is 0.669. The molecule has 1 aromatic carbocycles. The maximum atomic E-state index is 5.54. The van der Waals surface area contributed by atoms with Crippen LogP contribution in [0.4, 0.5) is 5.82 Å². The lowest BCUT2D eigenvalue weighted by Crippen LogP contribution is -2.02. The number of nitrogens with zero attached hydrogens (tertiary/aromatic N) is 2. The van der Waals surface area contributed by atoms with Gasteiger partial charge in [-0.3, -0.25) is 4.68 Å². The molecule has 0 fully saturated rings. The van der Waals surface area contributed by atoms with Crippen LogP contribution in [0.25, 0.3) is 0 Å². The molecule has 0 saturated carbocycles. The molecule has 16 heavy (non-hydrogen) atoms. The second kappa shape index (κ2) is 5.61. The van der Waals surface area contributed by atoms with Crippen LogP contribution in [0.1, 0.15) is 5.56 Å². The van der Waals surface area contributed by atoms with Gasteiger partial charge in [0.25, 0.3) is 0 Å². The third-order valence-electron chi connectivity index (χ3n) is 2.24. The van der Waals surface area contributed by atoms with Crippen LogP contribution in [0.15, 0.2) is 42.6 Å². The summed E-state index contributed by atoms with van der Waals surface area (Å²) in [7, 11) is 0. The fourth-order valence-electron chi connectivity index (χ4n) is 1.42. The van der Waals surface area contributed by atoms with Gasteiger partial charge in [-0.2, -0.15) is 16.9 Å². The molecule has 2 rings (SSSR count). The van der Waals surface area contributed by atoms with Crippen LogP contribution in [0, 0.1) is 0 Å². The number of thioether (sulfide) groups is 1. The first-order chi connectivity index (χ1) is 7.84. The van der Waals surface area contributed by atoms with E-state index >= 15 is 0 Å². The predicted octanol–water partition coefficient (Wildman–Crippen LogP) is 2.40. The van der Waals surface area contributed by atoms with Crippen molar-refractivity contribution in [3.05, 3.63) is 48.2 Å². The second-order valence-corrected chi connectivity index (χ2v) is 4.65. The van der Waals surface area contributed by atoms with Gasteiger partial charge in [-0.1, -0.05) is 30.3 Å². The van der Waals surface area contributed by atoms with Crippen LogP contribution >= 0.6 is 11.8 Å². The van der Waals surface area contributed by atoms with E-state index in [0.29, 0.717) is 5.82 Å². The summed E-state index contributed by atoms with van der Waals surface area (Å²) in [6, 6.07) is 12.3. The van der Waals surface area contributed by atoms with Crippen molar-refractivity contribution in [1.82, 2.24) is 9.78 Å². The van der Waals surface area contributed by atoms with E-state index in [4.69, 9.17) is 5.73 Å². The van der Waals surface area contributed by atoms with E-state index in [1.165, 1.54) is 5.56 Å². The molecule has 0 atom stereocenters. The fraction of sp³-hybridized carbons (Fsp3) is 0.250. The number of nitrogen functional groups attached to an aromatic ring is 1. The number of hydrogen-bond acceptors (Lipinski definition) is 3. The molecule has 0 amide bonds. The van der Waals surface area contributed by atoms with E-state index in [1.54, 1.807) is 0 Å². The van der Waals surface area contributed by atoms with Crippen LogP contribution in [0.2, 0.25) is 0 Å². The largest absolute Gasteiger partial charge is 0.382 e. The summed E-state index contributed by atoms with van der Waals surface area (Å²) in [5.74, 6) is 2.70. The summed E-state index contributed by atoms with van der Waals surface area (Å²) >= 11 is 1.91. The van der Waals surface area contributed by atoms with Crippen molar-refractivity contribution in [3.63, 3.8) is 0 Å². The lowest BCUT2D eigenvalue weighted by Gasteiger charge is -2.02. The van der Waals surface area contributed by atoms with Crippen molar-refractivity contribution in [3.8, 4) is 0 Å². The highest BCUT2D eigenvalue weighted by Crippen LogP contribution is 2.11. The monoisotopic (exact) mass is 233 g/mol. The van der Waals surface area contributed by atoms with Crippen molar-refractivity contribution >= 4 is 17.6 Å². The number of anilines is 1. The minimum absolute atomic E-state index is 0.591. The molecule has 1 heterocycles. The standard InChI is InChI=1S/C12H15N3S/c13-12-6-7-15(14-12)8-9-16-10-11-4-2-1-3-5-11/h1-7H,8-10H2,(H2,13,14). The molecule has 0 aliphatic carbocycles. The third kappa shape index (κ3) is 3.31. The van der Waals surface area contributed by atoms with E-state index in [1.807, 2.05) is 34.8 Å². The van der Waals surface area contributed by atoms with Gasteiger partial charge in [-0.25, -0.2) is 0 Å². The summed E-state index contributed by atoms with van der Waals surface area (Å²) in [4.78, 5) is 0. The smallest absolute Gasteiger partial charge is 0.145 e. The molecular formula is C12H15N3S. The van der Waals surface area contributed by atoms with Gasteiger partial charge < -0.3 is 5.73 Å². The maximum absolute atomic E-state index is 5.54. The van der Waals surface area contributed by atoms with E-state index < -0.39 is 0 Å². The van der Waals surface area contributed by atoms with E-state index in [-0.39, 0.29) is 0 Å². The number of hydrogen-bond donors (Lipinski definition) is 1. The molecule has 0 aliphatic rings. The van der Waals surface area contributed by atoms with Gasteiger partial charge in [0.15, 0.2) is 0 Å². The average Bonchev–Trinajstić information content (AvgIpc) is 2.72. The quantitative estimate of drug-likeness (QED) is 0.806. The summed E-state index contributed by atoms with van der Waals surface area (Å²) < 4.78 is 1.88. The Morgan fingerprint density at radius 2 is 2.00 bits per heavy atom. The molecule has 0 aliphatic heterocycles. The molecule has 4 heteroatoms. The van der Waals surface area contributed by atoms with E-state index in [2.05, 4.69) is 29.4 Å². The Morgan fingerprint density at radius 3 is 2.69 bits per heavy atom. The first kappa shape index (κ1) is 11.1. The minimum Gasteiger partial charge on any atom is -0.382 e. The Hall–Kier alpha value is -1.42.